The van der Waals surface area contributed by atoms with Gasteiger partial charge in [0.05, 0.1) is 0 Å². The first-order chi connectivity index (χ1) is 9.12. The first-order valence-corrected chi connectivity index (χ1v) is 7.08. The maximum Gasteiger partial charge on any atom is 0.306 e. The molecule has 1 aliphatic rings. The number of carbonyl (C=O) groups excluding carboxylic acids is 1. The van der Waals surface area contributed by atoms with E-state index in [1.54, 1.807) is 0 Å². The fourth-order valence-corrected chi connectivity index (χ4v) is 3.07. The van der Waals surface area contributed by atoms with Gasteiger partial charge in [-0.1, -0.05) is 44.2 Å². The molecule has 0 amide bonds. The molecule has 3 heteroatoms. The third kappa shape index (κ3) is 2.66. The van der Waals surface area contributed by atoms with Crippen LogP contribution in [0.25, 0.3) is 0 Å². The van der Waals surface area contributed by atoms with Crippen LogP contribution in [-0.4, -0.2) is 31.0 Å². The number of likely N-dealkylation sites (N-methyl/N-ethyl adjacent to an activating group) is 1. The van der Waals surface area contributed by atoms with Gasteiger partial charge in [-0.05, 0) is 19.0 Å². The van der Waals surface area contributed by atoms with E-state index in [4.69, 9.17) is 4.74 Å². The standard InChI is InChI=1S/C16H23NO2/c1-4-13-11-17(3)12-16(13,19-15(18)5-2)14-9-7-6-8-10-14/h6-10,13H,4-5,11-12H2,1-3H3. The van der Waals surface area contributed by atoms with Crippen LogP contribution < -0.4 is 0 Å². The summed E-state index contributed by atoms with van der Waals surface area (Å²) >= 11 is 0. The normalized spacial score (nSPS) is 27.4. The van der Waals surface area contributed by atoms with Crippen molar-refractivity contribution >= 4 is 5.97 Å². The van der Waals surface area contributed by atoms with Crippen molar-refractivity contribution in [1.82, 2.24) is 4.90 Å². The van der Waals surface area contributed by atoms with Crippen LogP contribution in [0.5, 0.6) is 0 Å². The lowest BCUT2D eigenvalue weighted by Gasteiger charge is -2.34. The van der Waals surface area contributed by atoms with Gasteiger partial charge in [-0.25, -0.2) is 0 Å². The molecule has 19 heavy (non-hydrogen) atoms. The minimum absolute atomic E-state index is 0.113. The smallest absolute Gasteiger partial charge is 0.306 e. The van der Waals surface area contributed by atoms with E-state index in [1.165, 1.54) is 0 Å². The van der Waals surface area contributed by atoms with Crippen LogP contribution in [0.2, 0.25) is 0 Å². The van der Waals surface area contributed by atoms with Gasteiger partial charge in [-0.15, -0.1) is 0 Å². The Morgan fingerprint density at radius 1 is 1.37 bits per heavy atom. The molecule has 0 spiro atoms. The molecule has 1 saturated heterocycles. The number of ether oxygens (including phenoxy) is 1. The zero-order valence-corrected chi connectivity index (χ0v) is 12.1. The summed E-state index contributed by atoms with van der Waals surface area (Å²) < 4.78 is 5.93. The Kier molecular flexibility index (Phi) is 4.25. The molecule has 104 valence electrons. The van der Waals surface area contributed by atoms with E-state index in [0.717, 1.165) is 25.1 Å². The van der Waals surface area contributed by atoms with Gasteiger partial charge in [0.15, 0.2) is 5.60 Å². The number of nitrogens with zero attached hydrogens (tertiary/aromatic N) is 1. The molecule has 0 N–H and O–H groups in total. The van der Waals surface area contributed by atoms with E-state index in [1.807, 2.05) is 25.1 Å². The topological polar surface area (TPSA) is 29.5 Å². The van der Waals surface area contributed by atoms with Crippen molar-refractivity contribution in [3.05, 3.63) is 35.9 Å². The number of benzene rings is 1. The van der Waals surface area contributed by atoms with Crippen molar-refractivity contribution in [3.63, 3.8) is 0 Å². The Labute approximate surface area is 115 Å². The van der Waals surface area contributed by atoms with Gasteiger partial charge >= 0.3 is 5.97 Å². The summed E-state index contributed by atoms with van der Waals surface area (Å²) in [5.74, 6) is 0.244. The number of carbonyl (C=O) groups is 1. The van der Waals surface area contributed by atoms with Gasteiger partial charge in [0, 0.05) is 25.4 Å². The van der Waals surface area contributed by atoms with Crippen molar-refractivity contribution in [3.8, 4) is 0 Å². The summed E-state index contributed by atoms with van der Waals surface area (Å²) in [6, 6.07) is 10.2. The van der Waals surface area contributed by atoms with E-state index >= 15 is 0 Å². The third-order valence-corrected chi connectivity index (χ3v) is 4.04. The molecule has 1 fully saturated rings. The maximum absolute atomic E-state index is 11.9. The Hall–Kier alpha value is -1.35. The average molecular weight is 261 g/mol. The van der Waals surface area contributed by atoms with Crippen LogP contribution in [0.4, 0.5) is 0 Å². The van der Waals surface area contributed by atoms with E-state index in [9.17, 15) is 4.79 Å². The SMILES string of the molecule is CCC(=O)OC1(c2ccccc2)CN(C)CC1CC. The maximum atomic E-state index is 11.9. The van der Waals surface area contributed by atoms with Crippen molar-refractivity contribution < 1.29 is 9.53 Å². The van der Waals surface area contributed by atoms with Gasteiger partial charge in [-0.2, -0.15) is 0 Å². The van der Waals surface area contributed by atoms with Crippen LogP contribution in [0, 0.1) is 5.92 Å². The molecular weight excluding hydrogens is 238 g/mol. The molecule has 0 aliphatic carbocycles. The van der Waals surface area contributed by atoms with Crippen LogP contribution in [0.15, 0.2) is 30.3 Å². The molecule has 0 aromatic heterocycles. The van der Waals surface area contributed by atoms with E-state index in [0.29, 0.717) is 12.3 Å². The second kappa shape index (κ2) is 5.74. The number of hydrogen-bond acceptors (Lipinski definition) is 3. The second-order valence-electron chi connectivity index (χ2n) is 5.39. The Morgan fingerprint density at radius 3 is 2.63 bits per heavy atom. The zero-order chi connectivity index (χ0) is 13.9. The van der Waals surface area contributed by atoms with Gasteiger partial charge < -0.3 is 9.64 Å². The molecule has 1 aromatic carbocycles. The van der Waals surface area contributed by atoms with Crippen molar-refractivity contribution in [2.45, 2.75) is 32.3 Å². The van der Waals surface area contributed by atoms with E-state index < -0.39 is 5.60 Å². The minimum atomic E-state index is -0.474. The highest BCUT2D eigenvalue weighted by atomic mass is 16.6. The van der Waals surface area contributed by atoms with E-state index in [-0.39, 0.29) is 5.97 Å². The van der Waals surface area contributed by atoms with Gasteiger partial charge in [0.2, 0.25) is 0 Å². The molecule has 2 rings (SSSR count). The quantitative estimate of drug-likeness (QED) is 0.781. The molecule has 0 radical (unpaired) electrons. The van der Waals surface area contributed by atoms with Gasteiger partial charge in [0.25, 0.3) is 0 Å². The fraction of sp³-hybridized carbons (Fsp3) is 0.562. The zero-order valence-electron chi connectivity index (χ0n) is 12.1. The lowest BCUT2D eigenvalue weighted by atomic mass is 9.82. The number of hydrogen-bond donors (Lipinski definition) is 0. The summed E-state index contributed by atoms with van der Waals surface area (Å²) in [6.45, 7) is 5.77. The molecule has 2 unspecified atom stereocenters. The highest BCUT2D eigenvalue weighted by molar-refractivity contribution is 5.70. The summed E-state index contributed by atoms with van der Waals surface area (Å²) in [7, 11) is 2.09. The lowest BCUT2D eigenvalue weighted by molar-refractivity contribution is -0.164. The highest BCUT2D eigenvalue weighted by Gasteiger charge is 2.48. The van der Waals surface area contributed by atoms with Crippen molar-refractivity contribution in [2.24, 2.45) is 5.92 Å². The molecule has 1 aliphatic heterocycles. The predicted octanol–water partition coefficient (Wildman–Crippen LogP) is 2.81. The molecule has 1 aromatic rings. The van der Waals surface area contributed by atoms with E-state index in [2.05, 4.69) is 31.0 Å². The molecular formula is C16H23NO2. The second-order valence-corrected chi connectivity index (χ2v) is 5.39. The Morgan fingerprint density at radius 2 is 2.05 bits per heavy atom. The molecule has 0 bridgehead atoms. The minimum Gasteiger partial charge on any atom is -0.452 e. The summed E-state index contributed by atoms with van der Waals surface area (Å²) in [6.07, 6.45) is 1.44. The van der Waals surface area contributed by atoms with Gasteiger partial charge in [0.1, 0.15) is 0 Å². The van der Waals surface area contributed by atoms with Crippen LogP contribution in [-0.2, 0) is 15.1 Å². The monoisotopic (exact) mass is 261 g/mol. The largest absolute Gasteiger partial charge is 0.452 e. The first kappa shape index (κ1) is 14.1. The summed E-state index contributed by atoms with van der Waals surface area (Å²) in [4.78, 5) is 14.1. The average Bonchev–Trinajstić information content (AvgIpc) is 2.76. The van der Waals surface area contributed by atoms with Gasteiger partial charge in [-0.3, -0.25) is 4.79 Å². The molecule has 0 saturated carbocycles. The number of rotatable bonds is 4. The molecule has 2 atom stereocenters. The fourth-order valence-electron chi connectivity index (χ4n) is 3.07. The number of likely N-dealkylation sites (tertiary alicyclic amines) is 1. The Bertz CT molecular complexity index is 432. The predicted molar refractivity (Wildman–Crippen MR) is 75.8 cm³/mol. The summed E-state index contributed by atoms with van der Waals surface area (Å²) in [5, 5.41) is 0. The van der Waals surface area contributed by atoms with Crippen LogP contribution in [0.1, 0.15) is 32.3 Å². The van der Waals surface area contributed by atoms with Crippen LogP contribution in [0.3, 0.4) is 0 Å². The highest BCUT2D eigenvalue weighted by Crippen LogP contribution is 2.41. The lowest BCUT2D eigenvalue weighted by Crippen LogP contribution is -2.40. The molecule has 3 nitrogen and oxygen atoms in total. The third-order valence-electron chi connectivity index (χ3n) is 4.04. The summed E-state index contributed by atoms with van der Waals surface area (Å²) in [5.41, 5.74) is 0.644. The van der Waals surface area contributed by atoms with Crippen LogP contribution >= 0.6 is 0 Å². The molecule has 1 heterocycles. The number of esters is 1. The first-order valence-electron chi connectivity index (χ1n) is 7.08. The Balaban J connectivity index is 2.41. The van der Waals surface area contributed by atoms with Crippen molar-refractivity contribution in [1.29, 1.82) is 0 Å². The van der Waals surface area contributed by atoms with Crippen molar-refractivity contribution in [2.75, 3.05) is 20.1 Å².